The number of urea groups is 1. The van der Waals surface area contributed by atoms with Crippen molar-refractivity contribution < 1.29 is 19.1 Å². The minimum atomic E-state index is -0.307. The molecule has 0 atom stereocenters. The van der Waals surface area contributed by atoms with E-state index in [4.69, 9.17) is 9.47 Å². The van der Waals surface area contributed by atoms with Gasteiger partial charge in [0.2, 0.25) is 0 Å². The van der Waals surface area contributed by atoms with Crippen molar-refractivity contribution in [3.05, 3.63) is 23.8 Å². The van der Waals surface area contributed by atoms with Crippen LogP contribution in [0.1, 0.15) is 18.9 Å². The van der Waals surface area contributed by atoms with Crippen LogP contribution >= 0.6 is 0 Å². The predicted molar refractivity (Wildman–Crippen MR) is 91.3 cm³/mol. The van der Waals surface area contributed by atoms with E-state index in [0.29, 0.717) is 26.3 Å². The molecule has 1 aromatic rings. The van der Waals surface area contributed by atoms with Gasteiger partial charge in [0, 0.05) is 31.9 Å². The third kappa shape index (κ3) is 4.78. The first-order valence-corrected chi connectivity index (χ1v) is 8.12. The molecule has 0 fully saturated rings. The van der Waals surface area contributed by atoms with Crippen LogP contribution < -0.4 is 15.0 Å². The van der Waals surface area contributed by atoms with Gasteiger partial charge in [0.25, 0.3) is 0 Å². The highest BCUT2D eigenvalue weighted by Gasteiger charge is 2.20. The Morgan fingerprint density at radius 1 is 1.38 bits per heavy atom. The second-order valence-electron chi connectivity index (χ2n) is 5.74. The fraction of sp³-hybridized carbons (Fsp3) is 0.529. The van der Waals surface area contributed by atoms with Crippen LogP contribution in [0.3, 0.4) is 0 Å². The topological polar surface area (TPSA) is 71.1 Å². The van der Waals surface area contributed by atoms with Crippen LogP contribution in [0.5, 0.6) is 5.75 Å². The largest absolute Gasteiger partial charge is 0.491 e. The zero-order valence-corrected chi connectivity index (χ0v) is 14.5. The van der Waals surface area contributed by atoms with E-state index < -0.39 is 0 Å². The molecule has 7 heteroatoms. The maximum Gasteiger partial charge on any atom is 0.317 e. The normalized spacial score (nSPS) is 13.4. The van der Waals surface area contributed by atoms with Crippen molar-refractivity contribution in [3.63, 3.8) is 0 Å². The number of hydrogen-bond donors (Lipinski definition) is 1. The number of amides is 2. The molecule has 1 aromatic carbocycles. The number of nitrogens with zero attached hydrogens (tertiary/aromatic N) is 2. The van der Waals surface area contributed by atoms with Gasteiger partial charge in [-0.15, -0.1) is 0 Å². The smallest absolute Gasteiger partial charge is 0.317 e. The molecule has 1 aliphatic heterocycles. The lowest BCUT2D eigenvalue weighted by Gasteiger charge is -2.21. The molecule has 0 saturated carbocycles. The van der Waals surface area contributed by atoms with Crippen molar-refractivity contribution in [2.24, 2.45) is 0 Å². The number of nitrogens with one attached hydrogen (secondary N) is 1. The van der Waals surface area contributed by atoms with E-state index in [1.54, 1.807) is 11.8 Å². The maximum absolute atomic E-state index is 12.3. The molecule has 0 saturated heterocycles. The summed E-state index contributed by atoms with van der Waals surface area (Å²) in [5.41, 5.74) is 2.03. The fourth-order valence-corrected chi connectivity index (χ4v) is 2.45. The molecule has 1 N–H and O–H groups in total. The van der Waals surface area contributed by atoms with Crippen LogP contribution in [0.25, 0.3) is 0 Å². The number of ether oxygens (including phenoxy) is 2. The van der Waals surface area contributed by atoms with E-state index in [-0.39, 0.29) is 25.0 Å². The molecule has 2 amide bonds. The molecule has 0 aliphatic carbocycles. The molecule has 0 spiro atoms. The number of anilines is 1. The van der Waals surface area contributed by atoms with Gasteiger partial charge in [-0.25, -0.2) is 4.79 Å². The van der Waals surface area contributed by atoms with E-state index in [9.17, 15) is 9.59 Å². The minimum absolute atomic E-state index is 0.172. The lowest BCUT2D eigenvalue weighted by Crippen LogP contribution is -2.41. The van der Waals surface area contributed by atoms with Crippen LogP contribution in [0.4, 0.5) is 10.5 Å². The Labute approximate surface area is 142 Å². The average Bonchev–Trinajstić information content (AvgIpc) is 2.76. The molecule has 2 rings (SSSR count). The predicted octanol–water partition coefficient (Wildman–Crippen LogP) is 1.61. The highest BCUT2D eigenvalue weighted by Crippen LogP contribution is 2.27. The Hall–Kier alpha value is -2.44. The van der Waals surface area contributed by atoms with Gasteiger partial charge in [0.1, 0.15) is 12.4 Å². The Balaban J connectivity index is 1.95. The summed E-state index contributed by atoms with van der Waals surface area (Å²) in [6.07, 6.45) is 0.172. The van der Waals surface area contributed by atoms with Crippen LogP contribution in [0.2, 0.25) is 0 Å². The summed E-state index contributed by atoms with van der Waals surface area (Å²) in [5.74, 6) is 0.500. The highest BCUT2D eigenvalue weighted by molar-refractivity contribution is 5.76. The van der Waals surface area contributed by atoms with Crippen LogP contribution in [0, 0.1) is 0 Å². The first kappa shape index (κ1) is 17.9. The third-order valence-corrected chi connectivity index (χ3v) is 3.74. The van der Waals surface area contributed by atoms with Crippen molar-refractivity contribution in [2.45, 2.75) is 19.9 Å². The van der Waals surface area contributed by atoms with Crippen molar-refractivity contribution >= 4 is 17.7 Å². The lowest BCUT2D eigenvalue weighted by molar-refractivity contribution is -0.142. The first-order chi connectivity index (χ1) is 11.5. The summed E-state index contributed by atoms with van der Waals surface area (Å²) < 4.78 is 10.6. The van der Waals surface area contributed by atoms with E-state index in [1.165, 1.54) is 0 Å². The summed E-state index contributed by atoms with van der Waals surface area (Å²) in [7, 11) is 3.94. The monoisotopic (exact) mass is 335 g/mol. The quantitative estimate of drug-likeness (QED) is 0.828. The number of hydrogen-bond acceptors (Lipinski definition) is 5. The molecule has 24 heavy (non-hydrogen) atoms. The molecule has 0 bridgehead atoms. The Kier molecular flexibility index (Phi) is 6.28. The third-order valence-electron chi connectivity index (χ3n) is 3.74. The number of benzene rings is 1. The average molecular weight is 335 g/mol. The van der Waals surface area contributed by atoms with Gasteiger partial charge in [-0.1, -0.05) is 0 Å². The Bertz CT molecular complexity index is 589. The number of fused-ring (bicyclic) bond motifs is 1. The second-order valence-corrected chi connectivity index (χ2v) is 5.74. The molecular weight excluding hydrogens is 310 g/mol. The molecule has 1 heterocycles. The molecule has 0 unspecified atom stereocenters. The first-order valence-electron chi connectivity index (χ1n) is 8.12. The van der Waals surface area contributed by atoms with E-state index >= 15 is 0 Å². The van der Waals surface area contributed by atoms with Crippen LogP contribution in [0.15, 0.2) is 18.2 Å². The second kappa shape index (κ2) is 8.42. The van der Waals surface area contributed by atoms with Crippen LogP contribution in [-0.4, -0.2) is 57.3 Å². The van der Waals surface area contributed by atoms with E-state index in [2.05, 4.69) is 5.32 Å². The van der Waals surface area contributed by atoms with Gasteiger partial charge in [-0.2, -0.15) is 0 Å². The summed E-state index contributed by atoms with van der Waals surface area (Å²) in [5, 5.41) is 2.76. The summed E-state index contributed by atoms with van der Waals surface area (Å²) in [4.78, 5) is 27.3. The van der Waals surface area contributed by atoms with E-state index in [0.717, 1.165) is 17.0 Å². The molecular formula is C17H25N3O4. The SMILES string of the molecule is CCOC(=O)CCNC(=O)N1CCOc2ccc(N(C)C)cc2C1. The van der Waals surface area contributed by atoms with Crippen molar-refractivity contribution in [1.82, 2.24) is 10.2 Å². The zero-order valence-electron chi connectivity index (χ0n) is 14.5. The van der Waals surface area contributed by atoms with Gasteiger partial charge in [0.15, 0.2) is 0 Å². The van der Waals surface area contributed by atoms with Crippen molar-refractivity contribution in [3.8, 4) is 5.75 Å². The standard InChI is InChI=1S/C17H25N3O4/c1-4-23-16(21)7-8-18-17(22)20-9-10-24-15-6-5-14(19(2)3)11-13(15)12-20/h5-6,11H,4,7-10,12H2,1-3H3,(H,18,22). The van der Waals surface area contributed by atoms with Crippen molar-refractivity contribution in [1.29, 1.82) is 0 Å². The molecule has 7 nitrogen and oxygen atoms in total. The van der Waals surface area contributed by atoms with Crippen molar-refractivity contribution in [2.75, 3.05) is 45.3 Å². The number of carbonyl (C=O) groups excluding carboxylic acids is 2. The Morgan fingerprint density at radius 3 is 2.88 bits per heavy atom. The summed E-state index contributed by atoms with van der Waals surface area (Å²) in [6.45, 7) is 3.78. The number of carbonyl (C=O) groups is 2. The lowest BCUT2D eigenvalue weighted by atomic mass is 10.1. The molecule has 0 aromatic heterocycles. The summed E-state index contributed by atoms with van der Waals surface area (Å²) >= 11 is 0. The van der Waals surface area contributed by atoms with Crippen LogP contribution in [-0.2, 0) is 16.1 Å². The van der Waals surface area contributed by atoms with Gasteiger partial charge < -0.3 is 24.6 Å². The van der Waals surface area contributed by atoms with Gasteiger partial charge in [-0.3, -0.25) is 4.79 Å². The Morgan fingerprint density at radius 2 is 2.17 bits per heavy atom. The highest BCUT2D eigenvalue weighted by atomic mass is 16.5. The number of rotatable bonds is 5. The number of esters is 1. The summed E-state index contributed by atoms with van der Waals surface area (Å²) in [6, 6.07) is 5.76. The molecule has 1 aliphatic rings. The van der Waals surface area contributed by atoms with Gasteiger partial charge >= 0.3 is 12.0 Å². The molecule has 132 valence electrons. The minimum Gasteiger partial charge on any atom is -0.491 e. The zero-order chi connectivity index (χ0) is 17.5. The van der Waals surface area contributed by atoms with E-state index in [1.807, 2.05) is 37.2 Å². The fourth-order valence-electron chi connectivity index (χ4n) is 2.45. The van der Waals surface area contributed by atoms with Gasteiger partial charge in [-0.05, 0) is 25.1 Å². The van der Waals surface area contributed by atoms with Gasteiger partial charge in [0.05, 0.1) is 26.1 Å². The maximum atomic E-state index is 12.3. The molecule has 0 radical (unpaired) electrons.